The number of ether oxygens (including phenoxy) is 2. The number of para-hydroxylation sites is 1. The fourth-order valence-electron chi connectivity index (χ4n) is 3.07. The Balaban J connectivity index is 1.62. The molecule has 0 unspecified atom stereocenters. The predicted octanol–water partition coefficient (Wildman–Crippen LogP) is 5.02. The first kappa shape index (κ1) is 23.5. The maximum atomic E-state index is 12.7. The summed E-state index contributed by atoms with van der Waals surface area (Å²) in [5.74, 6) is -0.230. The number of carbonyl (C=O) groups is 3. The molecule has 2 amide bonds. The maximum absolute atomic E-state index is 12.7. The number of nitrogens with one attached hydrogen (secondary N) is 2. The molecular formula is C26H26N2O5. The number of benzene rings is 3. The zero-order valence-corrected chi connectivity index (χ0v) is 18.8. The molecule has 7 heteroatoms. The lowest BCUT2D eigenvalue weighted by molar-refractivity contribution is 0.0950. The first-order chi connectivity index (χ1) is 15.9. The normalized spacial score (nSPS) is 10.3. The summed E-state index contributed by atoms with van der Waals surface area (Å²) in [5.41, 5.74) is 4.53. The van der Waals surface area contributed by atoms with Gasteiger partial charge in [-0.1, -0.05) is 24.3 Å². The molecule has 0 atom stereocenters. The van der Waals surface area contributed by atoms with Crippen molar-refractivity contribution >= 4 is 23.7 Å². The third-order valence-electron chi connectivity index (χ3n) is 5.05. The molecule has 0 spiro atoms. The van der Waals surface area contributed by atoms with Crippen LogP contribution in [-0.2, 0) is 11.3 Å². The van der Waals surface area contributed by atoms with E-state index in [1.165, 1.54) is 12.1 Å². The van der Waals surface area contributed by atoms with Crippen molar-refractivity contribution in [3.05, 3.63) is 94.5 Å². The Morgan fingerprint density at radius 3 is 2.21 bits per heavy atom. The Morgan fingerprint density at radius 2 is 1.52 bits per heavy atom. The molecular weight excluding hydrogens is 420 g/mol. The Morgan fingerprint density at radius 1 is 0.818 bits per heavy atom. The van der Waals surface area contributed by atoms with Crippen molar-refractivity contribution in [2.75, 3.05) is 11.9 Å². The van der Waals surface area contributed by atoms with E-state index < -0.39 is 6.16 Å². The van der Waals surface area contributed by atoms with Crippen LogP contribution < -0.4 is 15.4 Å². The van der Waals surface area contributed by atoms with E-state index in [1.54, 1.807) is 31.2 Å². The molecule has 3 aromatic carbocycles. The molecule has 0 aromatic heterocycles. The van der Waals surface area contributed by atoms with Gasteiger partial charge >= 0.3 is 6.16 Å². The minimum Gasteiger partial charge on any atom is -0.434 e. The molecule has 0 saturated heterocycles. The number of rotatable bonds is 7. The second-order valence-electron chi connectivity index (χ2n) is 7.40. The minimum atomic E-state index is -0.797. The van der Waals surface area contributed by atoms with Gasteiger partial charge in [0.25, 0.3) is 11.8 Å². The van der Waals surface area contributed by atoms with Crippen molar-refractivity contribution in [2.45, 2.75) is 27.3 Å². The van der Waals surface area contributed by atoms with Crippen LogP contribution in [-0.4, -0.2) is 24.6 Å². The zero-order valence-electron chi connectivity index (χ0n) is 18.8. The van der Waals surface area contributed by atoms with Gasteiger partial charge in [0, 0.05) is 23.4 Å². The first-order valence-electron chi connectivity index (χ1n) is 10.6. The largest absolute Gasteiger partial charge is 0.513 e. The van der Waals surface area contributed by atoms with Crippen LogP contribution in [0.15, 0.2) is 66.7 Å². The second-order valence-corrected chi connectivity index (χ2v) is 7.40. The first-order valence-corrected chi connectivity index (χ1v) is 10.6. The van der Waals surface area contributed by atoms with Gasteiger partial charge in [0.2, 0.25) is 0 Å². The zero-order chi connectivity index (χ0) is 23.8. The predicted molar refractivity (Wildman–Crippen MR) is 126 cm³/mol. The van der Waals surface area contributed by atoms with E-state index >= 15 is 0 Å². The third kappa shape index (κ3) is 6.43. The Hall–Kier alpha value is -4.13. The smallest absolute Gasteiger partial charge is 0.434 e. The fourth-order valence-corrected chi connectivity index (χ4v) is 3.07. The highest BCUT2D eigenvalue weighted by molar-refractivity contribution is 6.05. The van der Waals surface area contributed by atoms with Crippen molar-refractivity contribution in [1.82, 2.24) is 5.32 Å². The summed E-state index contributed by atoms with van der Waals surface area (Å²) in [4.78, 5) is 36.6. The molecule has 3 rings (SSSR count). The van der Waals surface area contributed by atoms with Crippen LogP contribution in [0.3, 0.4) is 0 Å². The van der Waals surface area contributed by atoms with Crippen molar-refractivity contribution in [2.24, 2.45) is 0 Å². The number of aryl methyl sites for hydroxylation is 2. The van der Waals surface area contributed by atoms with Gasteiger partial charge in [-0.05, 0) is 79.9 Å². The lowest BCUT2D eigenvalue weighted by Gasteiger charge is -2.13. The van der Waals surface area contributed by atoms with Gasteiger partial charge in [-0.15, -0.1) is 0 Å². The topological polar surface area (TPSA) is 93.7 Å². The second kappa shape index (κ2) is 10.9. The van der Waals surface area contributed by atoms with Crippen molar-refractivity contribution in [3.8, 4) is 5.75 Å². The summed E-state index contributed by atoms with van der Waals surface area (Å²) in [7, 11) is 0. The molecule has 33 heavy (non-hydrogen) atoms. The van der Waals surface area contributed by atoms with Crippen LogP contribution in [0, 0.1) is 13.8 Å². The molecule has 0 heterocycles. The molecule has 0 radical (unpaired) electrons. The van der Waals surface area contributed by atoms with Crippen LogP contribution >= 0.6 is 0 Å². The van der Waals surface area contributed by atoms with E-state index in [1.807, 2.05) is 44.2 Å². The number of hydrogen-bond acceptors (Lipinski definition) is 5. The summed E-state index contributed by atoms with van der Waals surface area (Å²) in [6, 6.07) is 19.0. The van der Waals surface area contributed by atoms with Crippen LogP contribution in [0.4, 0.5) is 10.5 Å². The molecule has 0 saturated carbocycles. The number of hydrogen-bond donors (Lipinski definition) is 2. The van der Waals surface area contributed by atoms with E-state index in [2.05, 4.69) is 10.6 Å². The van der Waals surface area contributed by atoms with E-state index in [-0.39, 0.29) is 30.7 Å². The fraction of sp³-hybridized carbons (Fsp3) is 0.192. The molecule has 7 nitrogen and oxygen atoms in total. The molecule has 0 aliphatic rings. The Kier molecular flexibility index (Phi) is 7.81. The van der Waals surface area contributed by atoms with E-state index in [4.69, 9.17) is 9.47 Å². The van der Waals surface area contributed by atoms with Gasteiger partial charge < -0.3 is 20.1 Å². The highest BCUT2D eigenvalue weighted by Crippen LogP contribution is 2.18. The number of anilines is 1. The molecule has 0 fully saturated rings. The summed E-state index contributed by atoms with van der Waals surface area (Å²) in [6.07, 6.45) is -0.797. The van der Waals surface area contributed by atoms with Gasteiger partial charge in [0.1, 0.15) is 5.75 Å². The Bertz CT molecular complexity index is 1160. The number of amides is 2. The standard InChI is InChI=1S/C26H26N2O5/c1-4-32-26(31)33-22-13-11-19(12-14-22)24(29)27-16-21-7-5-6-8-23(21)28-25(30)20-10-9-17(2)18(3)15-20/h5-15H,4,16H2,1-3H3,(H,27,29)(H,28,30). The van der Waals surface area contributed by atoms with E-state index in [0.717, 1.165) is 16.7 Å². The lowest BCUT2D eigenvalue weighted by atomic mass is 10.1. The molecule has 170 valence electrons. The Labute approximate surface area is 192 Å². The van der Waals surface area contributed by atoms with Crippen LogP contribution in [0.5, 0.6) is 5.75 Å². The van der Waals surface area contributed by atoms with Gasteiger partial charge in [0.05, 0.1) is 6.61 Å². The van der Waals surface area contributed by atoms with Gasteiger partial charge in [-0.25, -0.2) is 4.79 Å². The van der Waals surface area contributed by atoms with Crippen molar-refractivity contribution in [1.29, 1.82) is 0 Å². The minimum absolute atomic E-state index is 0.214. The summed E-state index contributed by atoms with van der Waals surface area (Å²) in [6.45, 7) is 6.08. The van der Waals surface area contributed by atoms with Gasteiger partial charge in [0.15, 0.2) is 0 Å². The average molecular weight is 447 g/mol. The quantitative estimate of drug-likeness (QED) is 0.393. The summed E-state index contributed by atoms with van der Waals surface area (Å²) < 4.78 is 9.71. The third-order valence-corrected chi connectivity index (χ3v) is 5.05. The molecule has 0 aliphatic heterocycles. The van der Waals surface area contributed by atoms with Crippen molar-refractivity contribution in [3.63, 3.8) is 0 Å². The van der Waals surface area contributed by atoms with E-state index in [0.29, 0.717) is 16.8 Å². The van der Waals surface area contributed by atoms with E-state index in [9.17, 15) is 14.4 Å². The average Bonchev–Trinajstić information content (AvgIpc) is 2.80. The monoisotopic (exact) mass is 446 g/mol. The van der Waals surface area contributed by atoms with Crippen molar-refractivity contribution < 1.29 is 23.9 Å². The molecule has 3 aromatic rings. The highest BCUT2D eigenvalue weighted by Gasteiger charge is 2.12. The van der Waals surface area contributed by atoms with Crippen LogP contribution in [0.2, 0.25) is 0 Å². The number of carbonyl (C=O) groups excluding carboxylic acids is 3. The molecule has 0 aliphatic carbocycles. The summed E-state index contributed by atoms with van der Waals surface area (Å²) in [5, 5.41) is 5.77. The van der Waals surface area contributed by atoms with Gasteiger partial charge in [-0.3, -0.25) is 9.59 Å². The van der Waals surface area contributed by atoms with Crippen LogP contribution in [0.25, 0.3) is 0 Å². The van der Waals surface area contributed by atoms with Gasteiger partial charge in [-0.2, -0.15) is 0 Å². The lowest BCUT2D eigenvalue weighted by Crippen LogP contribution is -2.24. The maximum Gasteiger partial charge on any atom is 0.513 e. The molecule has 2 N–H and O–H groups in total. The van der Waals surface area contributed by atoms with Crippen LogP contribution in [0.1, 0.15) is 44.3 Å². The SMILES string of the molecule is CCOC(=O)Oc1ccc(C(=O)NCc2ccccc2NC(=O)c2ccc(C)c(C)c2)cc1. The highest BCUT2D eigenvalue weighted by atomic mass is 16.7. The summed E-state index contributed by atoms with van der Waals surface area (Å²) >= 11 is 0. The molecule has 0 bridgehead atoms.